The Labute approximate surface area is 96.8 Å². The highest BCUT2D eigenvalue weighted by molar-refractivity contribution is 6.31. The Balaban J connectivity index is 2.67. The molecule has 1 rings (SSSR count). The molecular weight excluding hydrogens is 241 g/mol. The fraction of sp³-hybridized carbons (Fsp3) is 0.500. The standard InChI is InChI=1S/C10H12ClF3N2/c1-15-8(5-10(12,13)14)4-7-2-3-16-6-9(7)11/h2-3,6,8,15H,4-5H2,1H3. The van der Waals surface area contributed by atoms with E-state index in [0.717, 1.165) is 0 Å². The van der Waals surface area contributed by atoms with E-state index in [1.54, 1.807) is 6.07 Å². The predicted molar refractivity (Wildman–Crippen MR) is 56.5 cm³/mol. The number of nitrogens with zero attached hydrogens (tertiary/aromatic N) is 1. The van der Waals surface area contributed by atoms with Crippen molar-refractivity contribution in [3.05, 3.63) is 29.0 Å². The highest BCUT2D eigenvalue weighted by atomic mass is 35.5. The zero-order valence-electron chi connectivity index (χ0n) is 8.68. The third-order valence-corrected chi connectivity index (χ3v) is 2.55. The maximum absolute atomic E-state index is 12.2. The lowest BCUT2D eigenvalue weighted by molar-refractivity contribution is -0.139. The van der Waals surface area contributed by atoms with Gasteiger partial charge in [0.15, 0.2) is 0 Å². The lowest BCUT2D eigenvalue weighted by Gasteiger charge is -2.18. The Morgan fingerprint density at radius 3 is 2.69 bits per heavy atom. The Morgan fingerprint density at radius 2 is 2.19 bits per heavy atom. The lowest BCUT2D eigenvalue weighted by Crippen LogP contribution is -2.33. The van der Waals surface area contributed by atoms with E-state index in [2.05, 4.69) is 10.3 Å². The van der Waals surface area contributed by atoms with Crippen molar-refractivity contribution in [2.24, 2.45) is 0 Å². The molecule has 0 spiro atoms. The van der Waals surface area contributed by atoms with Crippen LogP contribution in [0.3, 0.4) is 0 Å². The Hall–Kier alpha value is -0.810. The largest absolute Gasteiger partial charge is 0.390 e. The molecule has 1 atom stereocenters. The third-order valence-electron chi connectivity index (χ3n) is 2.21. The number of hydrogen-bond donors (Lipinski definition) is 1. The minimum absolute atomic E-state index is 0.233. The lowest BCUT2D eigenvalue weighted by atomic mass is 10.0. The van der Waals surface area contributed by atoms with Gasteiger partial charge in [0, 0.05) is 18.4 Å². The van der Waals surface area contributed by atoms with Gasteiger partial charge in [0.25, 0.3) is 0 Å². The second kappa shape index (κ2) is 5.50. The fourth-order valence-corrected chi connectivity index (χ4v) is 1.59. The second-order valence-corrected chi connectivity index (χ2v) is 3.88. The van der Waals surface area contributed by atoms with Crippen molar-refractivity contribution < 1.29 is 13.2 Å². The van der Waals surface area contributed by atoms with Crippen LogP contribution >= 0.6 is 11.6 Å². The van der Waals surface area contributed by atoms with Crippen molar-refractivity contribution in [3.63, 3.8) is 0 Å². The summed E-state index contributed by atoms with van der Waals surface area (Å²) in [5, 5.41) is 3.03. The monoisotopic (exact) mass is 252 g/mol. The van der Waals surface area contributed by atoms with Gasteiger partial charge in [-0.05, 0) is 25.1 Å². The number of halogens is 4. The van der Waals surface area contributed by atoms with Gasteiger partial charge in [-0.25, -0.2) is 0 Å². The van der Waals surface area contributed by atoms with Crippen LogP contribution in [0.5, 0.6) is 0 Å². The molecular formula is C10H12ClF3N2. The van der Waals surface area contributed by atoms with E-state index in [9.17, 15) is 13.2 Å². The van der Waals surface area contributed by atoms with Gasteiger partial charge in [0.2, 0.25) is 0 Å². The molecule has 0 aliphatic carbocycles. The molecule has 6 heteroatoms. The van der Waals surface area contributed by atoms with Crippen LogP contribution < -0.4 is 5.32 Å². The molecule has 2 nitrogen and oxygen atoms in total. The fourth-order valence-electron chi connectivity index (χ4n) is 1.39. The first-order valence-electron chi connectivity index (χ1n) is 4.75. The van der Waals surface area contributed by atoms with Crippen molar-refractivity contribution in [2.75, 3.05) is 7.05 Å². The first-order valence-corrected chi connectivity index (χ1v) is 5.12. The number of likely N-dealkylation sites (N-methyl/N-ethyl adjacent to an activating group) is 1. The molecule has 0 aromatic carbocycles. The quantitative estimate of drug-likeness (QED) is 0.891. The van der Waals surface area contributed by atoms with Gasteiger partial charge in [-0.2, -0.15) is 13.2 Å². The average Bonchev–Trinajstić information content (AvgIpc) is 2.18. The van der Waals surface area contributed by atoms with E-state index in [0.29, 0.717) is 10.6 Å². The van der Waals surface area contributed by atoms with Gasteiger partial charge < -0.3 is 5.32 Å². The molecule has 0 aliphatic rings. The number of hydrogen-bond acceptors (Lipinski definition) is 2. The molecule has 0 bridgehead atoms. The summed E-state index contributed by atoms with van der Waals surface area (Å²) in [5.41, 5.74) is 0.667. The van der Waals surface area contributed by atoms with Gasteiger partial charge in [-0.3, -0.25) is 4.98 Å². The molecule has 0 fully saturated rings. The molecule has 1 N–H and O–H groups in total. The first-order chi connectivity index (χ1) is 7.42. The Morgan fingerprint density at radius 1 is 1.50 bits per heavy atom. The van der Waals surface area contributed by atoms with E-state index >= 15 is 0 Å². The van der Waals surface area contributed by atoms with E-state index < -0.39 is 18.6 Å². The normalized spacial score (nSPS) is 13.8. The summed E-state index contributed by atoms with van der Waals surface area (Å²) in [5.74, 6) is 0. The minimum Gasteiger partial charge on any atom is -0.316 e. The molecule has 1 aromatic heterocycles. The molecule has 0 saturated heterocycles. The highest BCUT2D eigenvalue weighted by Crippen LogP contribution is 2.24. The molecule has 16 heavy (non-hydrogen) atoms. The van der Waals surface area contributed by atoms with Gasteiger partial charge in [-0.15, -0.1) is 0 Å². The van der Waals surface area contributed by atoms with Crippen molar-refractivity contribution in [1.29, 1.82) is 0 Å². The maximum Gasteiger partial charge on any atom is 0.390 e. The number of alkyl halides is 3. The van der Waals surface area contributed by atoms with Gasteiger partial charge in [-0.1, -0.05) is 11.6 Å². The van der Waals surface area contributed by atoms with Crippen LogP contribution in [0.25, 0.3) is 0 Å². The van der Waals surface area contributed by atoms with Crippen LogP contribution in [0.4, 0.5) is 13.2 Å². The van der Waals surface area contributed by atoms with Gasteiger partial charge >= 0.3 is 6.18 Å². The smallest absolute Gasteiger partial charge is 0.316 e. The number of aromatic nitrogens is 1. The van der Waals surface area contributed by atoms with Crippen LogP contribution in [0.15, 0.2) is 18.5 Å². The van der Waals surface area contributed by atoms with Crippen LogP contribution in [0.2, 0.25) is 5.02 Å². The summed E-state index contributed by atoms with van der Waals surface area (Å²) in [6, 6.07) is 0.961. The third kappa shape index (κ3) is 4.37. The molecule has 1 unspecified atom stereocenters. The minimum atomic E-state index is -4.17. The molecule has 0 aliphatic heterocycles. The summed E-state index contributed by atoms with van der Waals surface area (Å²) in [6.07, 6.45) is -1.87. The van der Waals surface area contributed by atoms with Crippen LogP contribution in [-0.4, -0.2) is 24.2 Å². The molecule has 0 amide bonds. The molecule has 0 radical (unpaired) electrons. The Bertz CT molecular complexity index is 341. The Kier molecular flexibility index (Phi) is 4.56. The summed E-state index contributed by atoms with van der Waals surface area (Å²) in [4.78, 5) is 3.78. The summed E-state index contributed by atoms with van der Waals surface area (Å²) < 4.78 is 36.6. The SMILES string of the molecule is CNC(Cc1ccncc1Cl)CC(F)(F)F. The van der Waals surface area contributed by atoms with Crippen molar-refractivity contribution >= 4 is 11.6 Å². The van der Waals surface area contributed by atoms with Crippen LogP contribution in [0.1, 0.15) is 12.0 Å². The second-order valence-electron chi connectivity index (χ2n) is 3.48. The predicted octanol–water partition coefficient (Wildman–Crippen LogP) is 2.82. The number of pyridine rings is 1. The highest BCUT2D eigenvalue weighted by Gasteiger charge is 2.31. The molecule has 1 heterocycles. The van der Waals surface area contributed by atoms with Crippen LogP contribution in [-0.2, 0) is 6.42 Å². The first kappa shape index (κ1) is 13.3. The molecule has 1 aromatic rings. The maximum atomic E-state index is 12.2. The zero-order chi connectivity index (χ0) is 12.2. The van der Waals surface area contributed by atoms with E-state index in [1.165, 1.54) is 19.4 Å². The summed E-state index contributed by atoms with van der Waals surface area (Å²) in [6.45, 7) is 0. The van der Waals surface area contributed by atoms with E-state index in [-0.39, 0.29) is 6.42 Å². The molecule has 0 saturated carbocycles. The van der Waals surface area contributed by atoms with Crippen LogP contribution in [0, 0.1) is 0 Å². The zero-order valence-corrected chi connectivity index (χ0v) is 9.44. The van der Waals surface area contributed by atoms with Gasteiger partial charge in [0.05, 0.1) is 11.4 Å². The van der Waals surface area contributed by atoms with Gasteiger partial charge in [0.1, 0.15) is 0 Å². The molecule has 90 valence electrons. The van der Waals surface area contributed by atoms with E-state index in [4.69, 9.17) is 11.6 Å². The summed E-state index contributed by atoms with van der Waals surface area (Å²) >= 11 is 5.83. The van der Waals surface area contributed by atoms with Crippen molar-refractivity contribution in [3.8, 4) is 0 Å². The average molecular weight is 253 g/mol. The van der Waals surface area contributed by atoms with Crippen molar-refractivity contribution in [1.82, 2.24) is 10.3 Å². The summed E-state index contributed by atoms with van der Waals surface area (Å²) in [7, 11) is 1.51. The number of nitrogens with one attached hydrogen (secondary N) is 1. The number of rotatable bonds is 4. The van der Waals surface area contributed by atoms with E-state index in [1.807, 2.05) is 0 Å². The van der Waals surface area contributed by atoms with Crippen molar-refractivity contribution in [2.45, 2.75) is 25.1 Å². The topological polar surface area (TPSA) is 24.9 Å².